The Morgan fingerprint density at radius 1 is 1.43 bits per heavy atom. The van der Waals surface area contributed by atoms with Gasteiger partial charge in [-0.3, -0.25) is 9.89 Å². The Hall–Kier alpha value is -1.69. The molecule has 0 fully saturated rings. The molecule has 114 valence electrons. The fraction of sp³-hybridized carbons (Fsp3) is 0.467. The molecular formula is C15H22N4OS. The van der Waals surface area contributed by atoms with Crippen LogP contribution < -0.4 is 5.32 Å². The first-order valence-corrected chi connectivity index (χ1v) is 8.42. The van der Waals surface area contributed by atoms with Gasteiger partial charge in [0.1, 0.15) is 6.04 Å². The summed E-state index contributed by atoms with van der Waals surface area (Å²) in [5.41, 5.74) is 3.02. The molecule has 2 rings (SSSR count). The van der Waals surface area contributed by atoms with E-state index in [4.69, 9.17) is 0 Å². The number of nitrogens with zero attached hydrogens (tertiary/aromatic N) is 2. The Kier molecular flexibility index (Phi) is 5.50. The van der Waals surface area contributed by atoms with Gasteiger partial charge in [0.2, 0.25) is 5.91 Å². The Morgan fingerprint density at radius 3 is 2.71 bits per heavy atom. The standard InChI is InChI=1S/C15H22N4OS/c1-11-13(12(2)18-17-11)10-16-15(20)14(6-9-21-3)19-7-4-5-8-19/h4-5,7-8,14H,6,9-10H2,1-3H3,(H,16,20)(H,17,18)/t14-/m1/s1. The van der Waals surface area contributed by atoms with Gasteiger partial charge in [-0.1, -0.05) is 0 Å². The number of aryl methyl sites for hydroxylation is 2. The molecule has 0 unspecified atom stereocenters. The second-order valence-corrected chi connectivity index (χ2v) is 6.04. The first-order chi connectivity index (χ1) is 10.1. The van der Waals surface area contributed by atoms with E-state index >= 15 is 0 Å². The fourth-order valence-electron chi connectivity index (χ4n) is 2.33. The van der Waals surface area contributed by atoms with Gasteiger partial charge < -0.3 is 9.88 Å². The minimum absolute atomic E-state index is 0.0558. The number of hydrogen-bond acceptors (Lipinski definition) is 3. The lowest BCUT2D eigenvalue weighted by Crippen LogP contribution is -2.32. The smallest absolute Gasteiger partial charge is 0.243 e. The zero-order chi connectivity index (χ0) is 15.2. The zero-order valence-electron chi connectivity index (χ0n) is 12.7. The van der Waals surface area contributed by atoms with Crippen LogP contribution in [0.15, 0.2) is 24.5 Å². The number of nitrogens with one attached hydrogen (secondary N) is 2. The maximum atomic E-state index is 12.5. The number of aromatic nitrogens is 3. The van der Waals surface area contributed by atoms with Crippen molar-refractivity contribution >= 4 is 17.7 Å². The summed E-state index contributed by atoms with van der Waals surface area (Å²) in [6.45, 7) is 4.44. The number of aromatic amines is 1. The van der Waals surface area contributed by atoms with Crippen LogP contribution in [0.25, 0.3) is 0 Å². The molecule has 6 heteroatoms. The SMILES string of the molecule is CSCC[C@H](C(=O)NCc1c(C)n[nH]c1C)n1cccc1. The minimum atomic E-state index is -0.153. The van der Waals surface area contributed by atoms with Gasteiger partial charge in [0.05, 0.1) is 5.69 Å². The van der Waals surface area contributed by atoms with Gasteiger partial charge in [0.15, 0.2) is 0 Å². The average Bonchev–Trinajstić information content (AvgIpc) is 3.09. The molecule has 0 aliphatic carbocycles. The summed E-state index contributed by atoms with van der Waals surface area (Å²) in [7, 11) is 0. The lowest BCUT2D eigenvalue weighted by molar-refractivity contribution is -0.124. The normalized spacial score (nSPS) is 12.3. The van der Waals surface area contributed by atoms with Crippen molar-refractivity contribution in [3.8, 4) is 0 Å². The summed E-state index contributed by atoms with van der Waals surface area (Å²) in [5, 5.41) is 10.1. The van der Waals surface area contributed by atoms with Crippen molar-refractivity contribution in [2.24, 2.45) is 0 Å². The van der Waals surface area contributed by atoms with Crippen molar-refractivity contribution in [3.05, 3.63) is 41.5 Å². The van der Waals surface area contributed by atoms with E-state index in [0.717, 1.165) is 29.1 Å². The average molecular weight is 306 g/mol. The topological polar surface area (TPSA) is 62.7 Å². The second kappa shape index (κ2) is 7.36. The number of carbonyl (C=O) groups excluding carboxylic acids is 1. The van der Waals surface area contributed by atoms with E-state index < -0.39 is 0 Å². The van der Waals surface area contributed by atoms with Crippen LogP contribution in [0.1, 0.15) is 29.4 Å². The highest BCUT2D eigenvalue weighted by molar-refractivity contribution is 7.98. The summed E-state index contributed by atoms with van der Waals surface area (Å²) in [5.74, 6) is 1.01. The molecule has 0 saturated heterocycles. The largest absolute Gasteiger partial charge is 0.350 e. The number of carbonyl (C=O) groups is 1. The fourth-order valence-corrected chi connectivity index (χ4v) is 2.79. The van der Waals surface area contributed by atoms with Crippen molar-refractivity contribution in [3.63, 3.8) is 0 Å². The first-order valence-electron chi connectivity index (χ1n) is 7.03. The Morgan fingerprint density at radius 2 is 2.14 bits per heavy atom. The maximum absolute atomic E-state index is 12.5. The highest BCUT2D eigenvalue weighted by Crippen LogP contribution is 2.16. The maximum Gasteiger partial charge on any atom is 0.243 e. The number of rotatable bonds is 7. The number of H-pyrrole nitrogens is 1. The van der Waals surface area contributed by atoms with E-state index in [1.807, 2.05) is 42.9 Å². The van der Waals surface area contributed by atoms with Crippen LogP contribution in [0.4, 0.5) is 0 Å². The highest BCUT2D eigenvalue weighted by Gasteiger charge is 2.19. The summed E-state index contributed by atoms with van der Waals surface area (Å²) < 4.78 is 1.97. The molecule has 0 bridgehead atoms. The molecule has 2 N–H and O–H groups in total. The lowest BCUT2D eigenvalue weighted by atomic mass is 10.1. The van der Waals surface area contributed by atoms with Gasteiger partial charge in [-0.15, -0.1) is 0 Å². The van der Waals surface area contributed by atoms with E-state index in [2.05, 4.69) is 21.8 Å². The van der Waals surface area contributed by atoms with E-state index in [1.54, 1.807) is 11.8 Å². The second-order valence-electron chi connectivity index (χ2n) is 5.06. The van der Waals surface area contributed by atoms with Crippen LogP contribution in [0.5, 0.6) is 0 Å². The first kappa shape index (κ1) is 15.7. The van der Waals surface area contributed by atoms with Gasteiger partial charge in [-0.25, -0.2) is 0 Å². The molecule has 0 spiro atoms. The van der Waals surface area contributed by atoms with Crippen molar-refractivity contribution < 1.29 is 4.79 Å². The van der Waals surface area contributed by atoms with Crippen LogP contribution in [-0.2, 0) is 11.3 Å². The van der Waals surface area contributed by atoms with E-state index in [0.29, 0.717) is 6.54 Å². The molecule has 2 aromatic heterocycles. The summed E-state index contributed by atoms with van der Waals surface area (Å²) >= 11 is 1.76. The van der Waals surface area contributed by atoms with Crippen molar-refractivity contribution in [2.75, 3.05) is 12.0 Å². The van der Waals surface area contributed by atoms with Crippen LogP contribution in [0, 0.1) is 13.8 Å². The monoisotopic (exact) mass is 306 g/mol. The third-order valence-corrected chi connectivity index (χ3v) is 4.25. The molecule has 0 saturated carbocycles. The Bertz CT molecular complexity index is 557. The van der Waals surface area contributed by atoms with Gasteiger partial charge >= 0.3 is 0 Å². The molecule has 2 heterocycles. The molecule has 2 aromatic rings. The molecule has 0 aliphatic heterocycles. The zero-order valence-corrected chi connectivity index (χ0v) is 13.5. The summed E-state index contributed by atoms with van der Waals surface area (Å²) in [6, 6.07) is 3.74. The molecular weight excluding hydrogens is 284 g/mol. The van der Waals surface area contributed by atoms with Crippen molar-refractivity contribution in [1.82, 2.24) is 20.1 Å². The minimum Gasteiger partial charge on any atom is -0.350 e. The molecule has 0 radical (unpaired) electrons. The molecule has 1 amide bonds. The van der Waals surface area contributed by atoms with Crippen LogP contribution in [-0.4, -0.2) is 32.7 Å². The van der Waals surface area contributed by atoms with Gasteiger partial charge in [-0.2, -0.15) is 16.9 Å². The van der Waals surface area contributed by atoms with E-state index in [-0.39, 0.29) is 11.9 Å². The third kappa shape index (κ3) is 3.91. The van der Waals surface area contributed by atoms with Gasteiger partial charge in [0.25, 0.3) is 0 Å². The third-order valence-electron chi connectivity index (χ3n) is 3.61. The lowest BCUT2D eigenvalue weighted by Gasteiger charge is -2.18. The van der Waals surface area contributed by atoms with Crippen LogP contribution in [0.3, 0.4) is 0 Å². The van der Waals surface area contributed by atoms with Gasteiger partial charge in [-0.05, 0) is 44.4 Å². The van der Waals surface area contributed by atoms with Crippen molar-refractivity contribution in [1.29, 1.82) is 0 Å². The summed E-state index contributed by atoms with van der Waals surface area (Å²) in [6.07, 6.45) is 6.77. The quantitative estimate of drug-likeness (QED) is 0.826. The van der Waals surface area contributed by atoms with E-state index in [1.165, 1.54) is 0 Å². The molecule has 0 aliphatic rings. The Balaban J connectivity index is 2.02. The van der Waals surface area contributed by atoms with Crippen LogP contribution >= 0.6 is 11.8 Å². The Labute approximate surface area is 129 Å². The van der Waals surface area contributed by atoms with Crippen LogP contribution in [0.2, 0.25) is 0 Å². The number of amides is 1. The number of hydrogen-bond donors (Lipinski definition) is 2. The van der Waals surface area contributed by atoms with Crippen molar-refractivity contribution in [2.45, 2.75) is 32.9 Å². The predicted octanol–water partition coefficient (Wildman–Crippen LogP) is 2.44. The van der Waals surface area contributed by atoms with E-state index in [9.17, 15) is 4.79 Å². The van der Waals surface area contributed by atoms with Gasteiger partial charge in [0, 0.05) is 30.2 Å². The molecule has 21 heavy (non-hydrogen) atoms. The molecule has 1 atom stereocenters. The molecule has 0 aromatic carbocycles. The highest BCUT2D eigenvalue weighted by atomic mass is 32.2. The predicted molar refractivity (Wildman–Crippen MR) is 86.4 cm³/mol. The number of thioether (sulfide) groups is 1. The molecule has 5 nitrogen and oxygen atoms in total. The summed E-state index contributed by atoms with van der Waals surface area (Å²) in [4.78, 5) is 12.5.